The van der Waals surface area contributed by atoms with Gasteiger partial charge in [0.2, 0.25) is 0 Å². The lowest BCUT2D eigenvalue weighted by molar-refractivity contribution is 0.968. The molecule has 0 aromatic heterocycles. The van der Waals surface area contributed by atoms with Gasteiger partial charge in [0.15, 0.2) is 0 Å². The molecule has 0 spiro atoms. The van der Waals surface area contributed by atoms with E-state index in [0.29, 0.717) is 5.25 Å². The predicted octanol–water partition coefficient (Wildman–Crippen LogP) is 5.75. The van der Waals surface area contributed by atoms with E-state index in [1.165, 1.54) is 26.9 Å². The van der Waals surface area contributed by atoms with Crippen molar-refractivity contribution in [3.05, 3.63) is 71.2 Å². The van der Waals surface area contributed by atoms with Crippen molar-refractivity contribution in [3.8, 4) is 0 Å². The summed E-state index contributed by atoms with van der Waals surface area (Å²) in [7, 11) is 0. The Balaban J connectivity index is 1.72. The molecule has 0 radical (unpaired) electrons. The molecule has 0 amide bonds. The third kappa shape index (κ3) is 2.39. The molecular formula is C18H14ClNS. The summed E-state index contributed by atoms with van der Waals surface area (Å²) < 4.78 is 0. The summed E-state index contributed by atoms with van der Waals surface area (Å²) >= 11 is 7.90. The maximum Gasteiger partial charge on any atom is 0.0558 e. The molecule has 0 bridgehead atoms. The molecule has 21 heavy (non-hydrogen) atoms. The van der Waals surface area contributed by atoms with Crippen molar-refractivity contribution in [3.63, 3.8) is 0 Å². The SMILES string of the molecule is Clc1ccc([C@H]2CNc3c(ccc4ccccc34)S2)cc1. The van der Waals surface area contributed by atoms with Crippen molar-refractivity contribution in [2.45, 2.75) is 10.1 Å². The van der Waals surface area contributed by atoms with E-state index in [0.717, 1.165) is 11.6 Å². The summed E-state index contributed by atoms with van der Waals surface area (Å²) in [4.78, 5) is 1.32. The van der Waals surface area contributed by atoms with E-state index >= 15 is 0 Å². The first-order valence-corrected chi connectivity index (χ1v) is 8.25. The van der Waals surface area contributed by atoms with Gasteiger partial charge in [0.1, 0.15) is 0 Å². The molecule has 4 rings (SSSR count). The summed E-state index contributed by atoms with van der Waals surface area (Å²) in [5.41, 5.74) is 2.58. The van der Waals surface area contributed by atoms with Crippen LogP contribution in [0.3, 0.4) is 0 Å². The zero-order valence-corrected chi connectivity index (χ0v) is 12.9. The molecule has 104 valence electrons. The van der Waals surface area contributed by atoms with E-state index in [9.17, 15) is 0 Å². The Kier molecular flexibility index (Phi) is 3.28. The quantitative estimate of drug-likeness (QED) is 0.614. The van der Waals surface area contributed by atoms with Crippen LogP contribution in [0.2, 0.25) is 5.02 Å². The van der Waals surface area contributed by atoms with Crippen LogP contribution in [0, 0.1) is 0 Å². The summed E-state index contributed by atoms with van der Waals surface area (Å²) in [6.07, 6.45) is 0. The standard InChI is InChI=1S/C18H14ClNS/c19-14-8-5-13(6-9-14)17-11-20-18-15-4-2-1-3-12(15)7-10-16(18)21-17/h1-10,17,20H,11H2/t17-/m1/s1. The molecule has 1 aliphatic rings. The van der Waals surface area contributed by atoms with Crippen molar-refractivity contribution in [2.24, 2.45) is 0 Å². The molecule has 0 unspecified atom stereocenters. The van der Waals surface area contributed by atoms with Crippen LogP contribution in [-0.4, -0.2) is 6.54 Å². The van der Waals surface area contributed by atoms with Crippen molar-refractivity contribution < 1.29 is 0 Å². The number of anilines is 1. The van der Waals surface area contributed by atoms with Gasteiger partial charge in [-0.2, -0.15) is 0 Å². The van der Waals surface area contributed by atoms with Gasteiger partial charge in [-0.15, -0.1) is 11.8 Å². The van der Waals surface area contributed by atoms with Gasteiger partial charge in [0.25, 0.3) is 0 Å². The van der Waals surface area contributed by atoms with Crippen LogP contribution in [0.25, 0.3) is 10.8 Å². The maximum atomic E-state index is 5.97. The fraction of sp³-hybridized carbons (Fsp3) is 0.111. The molecule has 0 saturated carbocycles. The number of rotatable bonds is 1. The van der Waals surface area contributed by atoms with Crippen LogP contribution in [0.4, 0.5) is 5.69 Å². The van der Waals surface area contributed by atoms with Gasteiger partial charge in [-0.1, -0.05) is 54.1 Å². The molecule has 3 aromatic rings. The molecule has 1 N–H and O–H groups in total. The highest BCUT2D eigenvalue weighted by molar-refractivity contribution is 7.99. The van der Waals surface area contributed by atoms with E-state index in [4.69, 9.17) is 11.6 Å². The van der Waals surface area contributed by atoms with E-state index < -0.39 is 0 Å². The van der Waals surface area contributed by atoms with Crippen molar-refractivity contribution in [1.82, 2.24) is 0 Å². The molecule has 1 atom stereocenters. The molecule has 0 fully saturated rings. The summed E-state index contributed by atoms with van der Waals surface area (Å²) in [6, 6.07) is 21.1. The Hall–Kier alpha value is -1.64. The second-order valence-electron chi connectivity index (χ2n) is 5.20. The smallest absolute Gasteiger partial charge is 0.0558 e. The van der Waals surface area contributed by atoms with Gasteiger partial charge in [0, 0.05) is 21.8 Å². The molecule has 3 heteroatoms. The Morgan fingerprint density at radius 3 is 2.62 bits per heavy atom. The van der Waals surface area contributed by atoms with Gasteiger partial charge in [0.05, 0.1) is 10.9 Å². The normalized spacial score (nSPS) is 17.3. The molecule has 1 heterocycles. The minimum absolute atomic E-state index is 0.427. The van der Waals surface area contributed by atoms with Crippen LogP contribution in [0.5, 0.6) is 0 Å². The summed E-state index contributed by atoms with van der Waals surface area (Å²) in [5, 5.41) is 7.42. The third-order valence-corrected chi connectivity index (χ3v) is 5.44. The Bertz CT molecular complexity index is 798. The average molecular weight is 312 g/mol. The minimum Gasteiger partial charge on any atom is -0.382 e. The zero-order valence-electron chi connectivity index (χ0n) is 11.3. The van der Waals surface area contributed by atoms with Crippen LogP contribution in [0.15, 0.2) is 65.6 Å². The number of benzene rings is 3. The van der Waals surface area contributed by atoms with E-state index in [2.05, 4.69) is 53.8 Å². The first-order chi connectivity index (χ1) is 10.3. The van der Waals surface area contributed by atoms with Gasteiger partial charge in [-0.25, -0.2) is 0 Å². The van der Waals surface area contributed by atoms with Gasteiger partial charge >= 0.3 is 0 Å². The van der Waals surface area contributed by atoms with Crippen molar-refractivity contribution in [1.29, 1.82) is 0 Å². The van der Waals surface area contributed by atoms with Gasteiger partial charge < -0.3 is 5.32 Å². The maximum absolute atomic E-state index is 5.97. The zero-order chi connectivity index (χ0) is 14.2. The Labute approximate surface area is 133 Å². The summed E-state index contributed by atoms with van der Waals surface area (Å²) in [6.45, 7) is 0.938. The largest absolute Gasteiger partial charge is 0.382 e. The van der Waals surface area contributed by atoms with Crippen molar-refractivity contribution >= 4 is 39.8 Å². The first-order valence-electron chi connectivity index (χ1n) is 6.99. The van der Waals surface area contributed by atoms with Crippen LogP contribution in [0.1, 0.15) is 10.8 Å². The first kappa shape index (κ1) is 13.1. The Morgan fingerprint density at radius 2 is 1.76 bits per heavy atom. The second-order valence-corrected chi connectivity index (χ2v) is 6.88. The van der Waals surface area contributed by atoms with Crippen LogP contribution >= 0.6 is 23.4 Å². The number of hydrogen-bond acceptors (Lipinski definition) is 2. The summed E-state index contributed by atoms with van der Waals surface area (Å²) in [5.74, 6) is 0. The molecule has 1 nitrogen and oxygen atoms in total. The van der Waals surface area contributed by atoms with Gasteiger partial charge in [-0.05, 0) is 29.1 Å². The highest BCUT2D eigenvalue weighted by Gasteiger charge is 2.21. The minimum atomic E-state index is 0.427. The number of hydrogen-bond donors (Lipinski definition) is 1. The lowest BCUT2D eigenvalue weighted by Gasteiger charge is -2.27. The molecular weight excluding hydrogens is 298 g/mol. The second kappa shape index (κ2) is 5.28. The Morgan fingerprint density at radius 1 is 0.952 bits per heavy atom. The van der Waals surface area contributed by atoms with Crippen LogP contribution in [-0.2, 0) is 0 Å². The molecule has 0 aliphatic carbocycles. The van der Waals surface area contributed by atoms with Crippen molar-refractivity contribution in [2.75, 3.05) is 11.9 Å². The average Bonchev–Trinajstić information content (AvgIpc) is 2.55. The lowest BCUT2D eigenvalue weighted by Crippen LogP contribution is -2.15. The number of nitrogens with one attached hydrogen (secondary N) is 1. The molecule has 0 saturated heterocycles. The van der Waals surface area contributed by atoms with Crippen LogP contribution < -0.4 is 5.32 Å². The van der Waals surface area contributed by atoms with E-state index in [1.807, 2.05) is 23.9 Å². The number of halogens is 1. The van der Waals surface area contributed by atoms with Gasteiger partial charge in [-0.3, -0.25) is 0 Å². The monoisotopic (exact) mass is 311 g/mol. The highest BCUT2D eigenvalue weighted by atomic mass is 35.5. The third-order valence-electron chi connectivity index (χ3n) is 3.87. The number of thioether (sulfide) groups is 1. The fourth-order valence-electron chi connectivity index (χ4n) is 2.79. The van der Waals surface area contributed by atoms with E-state index in [1.54, 1.807) is 0 Å². The topological polar surface area (TPSA) is 12.0 Å². The number of fused-ring (bicyclic) bond motifs is 3. The molecule has 3 aromatic carbocycles. The molecule has 1 aliphatic heterocycles. The fourth-order valence-corrected chi connectivity index (χ4v) is 4.12. The highest BCUT2D eigenvalue weighted by Crippen LogP contribution is 2.45. The van der Waals surface area contributed by atoms with E-state index in [-0.39, 0.29) is 0 Å². The lowest BCUT2D eigenvalue weighted by atomic mass is 10.1. The predicted molar refractivity (Wildman–Crippen MR) is 92.5 cm³/mol.